The second-order valence-corrected chi connectivity index (χ2v) is 4.92. The Bertz CT molecular complexity index is 319. The van der Waals surface area contributed by atoms with Crippen molar-refractivity contribution in [3.05, 3.63) is 29.8 Å². The maximum absolute atomic E-state index is 6.00. The van der Waals surface area contributed by atoms with Gasteiger partial charge in [0.05, 0.1) is 6.10 Å². The Morgan fingerprint density at radius 3 is 2.20 bits per heavy atom. The minimum atomic E-state index is -0.269. The molecule has 0 heterocycles. The molecule has 15 heavy (non-hydrogen) atoms. The predicted octanol–water partition coefficient (Wildman–Crippen LogP) is 2.81. The van der Waals surface area contributed by atoms with E-state index in [2.05, 4.69) is 0 Å². The second kappa shape index (κ2) is 3.86. The summed E-state index contributed by atoms with van der Waals surface area (Å²) in [6.45, 7) is 4.02. The predicted molar refractivity (Wildman–Crippen MR) is 61.9 cm³/mol. The van der Waals surface area contributed by atoms with Crippen LogP contribution in [0.25, 0.3) is 0 Å². The summed E-state index contributed by atoms with van der Waals surface area (Å²) in [4.78, 5) is 0. The van der Waals surface area contributed by atoms with E-state index in [9.17, 15) is 0 Å². The van der Waals surface area contributed by atoms with Crippen molar-refractivity contribution in [3.8, 4) is 5.75 Å². The maximum atomic E-state index is 6.00. The van der Waals surface area contributed by atoms with E-state index >= 15 is 0 Å². The quantitative estimate of drug-likeness (QED) is 0.823. The fraction of sp³-hybridized carbons (Fsp3) is 0.538. The lowest BCUT2D eigenvalue weighted by Gasteiger charge is -2.27. The second-order valence-electron chi connectivity index (χ2n) is 4.92. The van der Waals surface area contributed by atoms with Gasteiger partial charge in [-0.05, 0) is 50.8 Å². The van der Waals surface area contributed by atoms with Gasteiger partial charge >= 0.3 is 0 Å². The molecule has 2 nitrogen and oxygen atoms in total. The molecule has 0 saturated heterocycles. The molecule has 1 aliphatic carbocycles. The van der Waals surface area contributed by atoms with Gasteiger partial charge in [-0.15, -0.1) is 0 Å². The fourth-order valence-corrected chi connectivity index (χ4v) is 1.64. The van der Waals surface area contributed by atoms with Crippen molar-refractivity contribution in [2.45, 2.75) is 44.8 Å². The molecule has 1 aliphatic rings. The molecule has 1 aromatic rings. The number of hydrogen-bond donors (Lipinski definition) is 1. The minimum absolute atomic E-state index is 0.269. The van der Waals surface area contributed by atoms with Gasteiger partial charge in [-0.1, -0.05) is 12.1 Å². The van der Waals surface area contributed by atoms with E-state index in [1.54, 1.807) is 0 Å². The first kappa shape index (κ1) is 10.5. The highest BCUT2D eigenvalue weighted by atomic mass is 16.5. The van der Waals surface area contributed by atoms with E-state index in [0.717, 1.165) is 11.3 Å². The monoisotopic (exact) mass is 205 g/mol. The molecule has 2 N–H and O–H groups in total. The van der Waals surface area contributed by atoms with Crippen LogP contribution in [0.3, 0.4) is 0 Å². The highest BCUT2D eigenvalue weighted by Gasteiger charge is 2.19. The summed E-state index contributed by atoms with van der Waals surface area (Å²) in [6, 6.07) is 8.13. The molecule has 1 saturated carbocycles. The summed E-state index contributed by atoms with van der Waals surface area (Å²) in [5.74, 6) is 0.965. The van der Waals surface area contributed by atoms with Crippen LogP contribution in [0, 0.1) is 0 Å². The van der Waals surface area contributed by atoms with E-state index in [4.69, 9.17) is 10.5 Å². The average Bonchev–Trinajstić information content (AvgIpc) is 2.11. The first-order valence-electron chi connectivity index (χ1n) is 5.62. The smallest absolute Gasteiger partial charge is 0.119 e. The van der Waals surface area contributed by atoms with Crippen molar-refractivity contribution in [1.82, 2.24) is 0 Å². The molecule has 0 aromatic heterocycles. The van der Waals surface area contributed by atoms with Crippen molar-refractivity contribution < 1.29 is 4.74 Å². The molecule has 1 aromatic carbocycles. The fourth-order valence-electron chi connectivity index (χ4n) is 1.64. The molecule has 2 rings (SSSR count). The first-order chi connectivity index (χ1) is 7.05. The van der Waals surface area contributed by atoms with Crippen molar-refractivity contribution in [2.24, 2.45) is 5.73 Å². The maximum Gasteiger partial charge on any atom is 0.119 e. The van der Waals surface area contributed by atoms with Gasteiger partial charge in [0, 0.05) is 5.54 Å². The lowest BCUT2D eigenvalue weighted by Crippen LogP contribution is -2.28. The van der Waals surface area contributed by atoms with Gasteiger partial charge in [-0.2, -0.15) is 0 Å². The summed E-state index contributed by atoms with van der Waals surface area (Å²) >= 11 is 0. The van der Waals surface area contributed by atoms with Crippen LogP contribution in [0.5, 0.6) is 5.75 Å². The van der Waals surface area contributed by atoms with Crippen LogP contribution in [0.1, 0.15) is 38.7 Å². The Balaban J connectivity index is 2.03. The molecule has 0 radical (unpaired) electrons. The molecule has 0 amide bonds. The summed E-state index contributed by atoms with van der Waals surface area (Å²) in [7, 11) is 0. The first-order valence-corrected chi connectivity index (χ1v) is 5.62. The average molecular weight is 205 g/mol. The van der Waals surface area contributed by atoms with Crippen LogP contribution < -0.4 is 10.5 Å². The number of nitrogens with two attached hydrogens (primary N) is 1. The van der Waals surface area contributed by atoms with Crippen LogP contribution >= 0.6 is 0 Å². The van der Waals surface area contributed by atoms with Crippen molar-refractivity contribution in [2.75, 3.05) is 0 Å². The van der Waals surface area contributed by atoms with Crippen LogP contribution in [-0.2, 0) is 5.54 Å². The molecule has 0 aliphatic heterocycles. The van der Waals surface area contributed by atoms with Gasteiger partial charge in [-0.3, -0.25) is 0 Å². The molecule has 0 bridgehead atoms. The Labute approximate surface area is 91.4 Å². The van der Waals surface area contributed by atoms with Crippen LogP contribution in [0.2, 0.25) is 0 Å². The minimum Gasteiger partial charge on any atom is -0.490 e. The Morgan fingerprint density at radius 1 is 1.20 bits per heavy atom. The summed E-state index contributed by atoms with van der Waals surface area (Å²) in [5.41, 5.74) is 6.88. The Morgan fingerprint density at radius 2 is 1.80 bits per heavy atom. The number of benzene rings is 1. The van der Waals surface area contributed by atoms with Crippen molar-refractivity contribution in [3.63, 3.8) is 0 Å². The van der Waals surface area contributed by atoms with E-state index in [1.807, 2.05) is 38.1 Å². The van der Waals surface area contributed by atoms with Gasteiger partial charge in [0.2, 0.25) is 0 Å². The Hall–Kier alpha value is -1.02. The van der Waals surface area contributed by atoms with Crippen molar-refractivity contribution >= 4 is 0 Å². The Kier molecular flexibility index (Phi) is 2.70. The third-order valence-electron chi connectivity index (χ3n) is 2.95. The lowest BCUT2D eigenvalue weighted by molar-refractivity contribution is 0.120. The zero-order valence-corrected chi connectivity index (χ0v) is 9.49. The topological polar surface area (TPSA) is 35.2 Å². The van der Waals surface area contributed by atoms with Crippen LogP contribution in [0.15, 0.2) is 24.3 Å². The van der Waals surface area contributed by atoms with Crippen LogP contribution in [0.4, 0.5) is 0 Å². The molecule has 0 spiro atoms. The summed E-state index contributed by atoms with van der Waals surface area (Å²) in [5, 5.41) is 0. The van der Waals surface area contributed by atoms with E-state index in [0.29, 0.717) is 6.10 Å². The van der Waals surface area contributed by atoms with Gasteiger partial charge in [-0.25, -0.2) is 0 Å². The largest absolute Gasteiger partial charge is 0.490 e. The normalized spacial score (nSPS) is 17.3. The number of ether oxygens (including phenoxy) is 1. The molecule has 0 unspecified atom stereocenters. The summed E-state index contributed by atoms with van der Waals surface area (Å²) < 4.78 is 5.78. The molecular formula is C13H19NO. The van der Waals surface area contributed by atoms with Gasteiger partial charge in [0.1, 0.15) is 5.75 Å². The molecule has 1 fully saturated rings. The number of rotatable bonds is 3. The van der Waals surface area contributed by atoms with Gasteiger partial charge < -0.3 is 10.5 Å². The lowest BCUT2D eigenvalue weighted by atomic mass is 9.95. The number of hydrogen-bond acceptors (Lipinski definition) is 2. The standard InChI is InChI=1S/C13H19NO/c1-13(2,14)10-6-8-12(9-7-10)15-11-4-3-5-11/h6-9,11H,3-5,14H2,1-2H3. The van der Waals surface area contributed by atoms with E-state index < -0.39 is 0 Å². The van der Waals surface area contributed by atoms with Crippen LogP contribution in [-0.4, -0.2) is 6.10 Å². The molecule has 0 atom stereocenters. The highest BCUT2D eigenvalue weighted by Crippen LogP contribution is 2.26. The highest BCUT2D eigenvalue weighted by molar-refractivity contribution is 5.31. The van der Waals surface area contributed by atoms with Gasteiger partial charge in [0.15, 0.2) is 0 Å². The molecular weight excluding hydrogens is 186 g/mol. The van der Waals surface area contributed by atoms with E-state index in [1.165, 1.54) is 19.3 Å². The van der Waals surface area contributed by atoms with Gasteiger partial charge in [0.25, 0.3) is 0 Å². The zero-order chi connectivity index (χ0) is 10.9. The molecule has 2 heteroatoms. The summed E-state index contributed by atoms with van der Waals surface area (Å²) in [6.07, 6.45) is 4.15. The third-order valence-corrected chi connectivity index (χ3v) is 2.95. The zero-order valence-electron chi connectivity index (χ0n) is 9.49. The molecule has 82 valence electrons. The van der Waals surface area contributed by atoms with Crippen molar-refractivity contribution in [1.29, 1.82) is 0 Å². The van der Waals surface area contributed by atoms with E-state index in [-0.39, 0.29) is 5.54 Å². The third kappa shape index (κ3) is 2.51. The SMILES string of the molecule is CC(C)(N)c1ccc(OC2CCC2)cc1.